The first kappa shape index (κ1) is 15.0. The quantitative estimate of drug-likeness (QED) is 0.845. The molecule has 0 saturated carbocycles. The van der Waals surface area contributed by atoms with E-state index in [9.17, 15) is 4.79 Å². The molecule has 0 atom stereocenters. The van der Waals surface area contributed by atoms with Crippen LogP contribution in [0, 0.1) is 11.3 Å². The van der Waals surface area contributed by atoms with Crippen molar-refractivity contribution >= 4 is 11.9 Å². The van der Waals surface area contributed by atoms with Gasteiger partial charge in [0.1, 0.15) is 17.2 Å². The van der Waals surface area contributed by atoms with Crippen molar-refractivity contribution in [1.82, 2.24) is 9.78 Å². The summed E-state index contributed by atoms with van der Waals surface area (Å²) in [6.45, 7) is 11.1. The molecule has 0 aromatic carbocycles. The number of amides is 1. The standard InChI is InChI=1S/C13H20N4O2/c1-12(2,3)17-10(9(7-14)8-15-17)16-11(18)19-13(4,5)6/h8H,1-6H3,(H,16,18). The Balaban J connectivity index is 3.04. The number of nitrogens with zero attached hydrogens (tertiary/aromatic N) is 3. The zero-order valence-corrected chi connectivity index (χ0v) is 12.2. The van der Waals surface area contributed by atoms with Crippen LogP contribution in [0.25, 0.3) is 0 Å². The Kier molecular flexibility index (Phi) is 3.89. The SMILES string of the molecule is CC(C)(C)OC(=O)Nc1c(C#N)cnn1C(C)(C)C. The summed E-state index contributed by atoms with van der Waals surface area (Å²) in [4.78, 5) is 11.8. The summed E-state index contributed by atoms with van der Waals surface area (Å²) in [6, 6.07) is 2.00. The van der Waals surface area contributed by atoms with E-state index in [1.165, 1.54) is 6.20 Å². The second-order valence-corrected chi connectivity index (χ2v) is 6.23. The second kappa shape index (κ2) is 4.92. The number of hydrogen-bond donors (Lipinski definition) is 1. The van der Waals surface area contributed by atoms with Crippen LogP contribution in [0.15, 0.2) is 6.20 Å². The van der Waals surface area contributed by atoms with Crippen molar-refractivity contribution in [3.05, 3.63) is 11.8 Å². The molecule has 0 radical (unpaired) electrons. The Morgan fingerprint density at radius 3 is 2.37 bits per heavy atom. The fourth-order valence-electron chi connectivity index (χ4n) is 1.46. The van der Waals surface area contributed by atoms with Gasteiger partial charge < -0.3 is 4.74 Å². The van der Waals surface area contributed by atoms with Crippen molar-refractivity contribution in [2.75, 3.05) is 5.32 Å². The van der Waals surface area contributed by atoms with Crippen LogP contribution in [0.5, 0.6) is 0 Å². The molecule has 19 heavy (non-hydrogen) atoms. The van der Waals surface area contributed by atoms with Crippen LogP contribution in [-0.4, -0.2) is 21.5 Å². The number of hydrogen-bond acceptors (Lipinski definition) is 4. The van der Waals surface area contributed by atoms with Gasteiger partial charge in [0.05, 0.1) is 11.7 Å². The van der Waals surface area contributed by atoms with Gasteiger partial charge in [0.15, 0.2) is 5.82 Å². The van der Waals surface area contributed by atoms with Gasteiger partial charge in [-0.1, -0.05) is 0 Å². The first-order chi connectivity index (χ1) is 8.54. The molecule has 0 spiro atoms. The number of nitriles is 1. The van der Waals surface area contributed by atoms with Gasteiger partial charge in [0, 0.05) is 0 Å². The molecule has 6 heteroatoms. The summed E-state index contributed by atoms with van der Waals surface area (Å²) in [6.07, 6.45) is 0.827. The fourth-order valence-corrected chi connectivity index (χ4v) is 1.46. The molecular formula is C13H20N4O2. The maximum Gasteiger partial charge on any atom is 0.413 e. The molecule has 1 amide bonds. The van der Waals surface area contributed by atoms with Crippen LogP contribution in [0.2, 0.25) is 0 Å². The van der Waals surface area contributed by atoms with E-state index in [1.807, 2.05) is 26.8 Å². The number of nitrogens with one attached hydrogen (secondary N) is 1. The minimum absolute atomic E-state index is 0.306. The lowest BCUT2D eigenvalue weighted by molar-refractivity contribution is 0.0634. The zero-order valence-electron chi connectivity index (χ0n) is 12.2. The third-order valence-corrected chi connectivity index (χ3v) is 2.14. The van der Waals surface area contributed by atoms with Crippen molar-refractivity contribution < 1.29 is 9.53 Å². The first-order valence-electron chi connectivity index (χ1n) is 6.03. The molecule has 0 aliphatic carbocycles. The molecule has 1 rings (SSSR count). The maximum atomic E-state index is 11.8. The van der Waals surface area contributed by atoms with Crippen LogP contribution in [0.1, 0.15) is 47.1 Å². The molecule has 1 aromatic heterocycles. The molecule has 1 heterocycles. The molecule has 0 saturated heterocycles. The van der Waals surface area contributed by atoms with Gasteiger partial charge in [-0.2, -0.15) is 10.4 Å². The summed E-state index contributed by atoms with van der Waals surface area (Å²) in [5.74, 6) is 0.351. The largest absolute Gasteiger partial charge is 0.444 e. The Bertz CT molecular complexity index is 512. The smallest absolute Gasteiger partial charge is 0.413 e. The molecule has 0 fully saturated rings. The van der Waals surface area contributed by atoms with E-state index in [4.69, 9.17) is 10.00 Å². The van der Waals surface area contributed by atoms with Crippen molar-refractivity contribution in [2.24, 2.45) is 0 Å². The fraction of sp³-hybridized carbons (Fsp3) is 0.615. The molecule has 0 unspecified atom stereocenters. The van der Waals surface area contributed by atoms with E-state index in [0.717, 1.165) is 0 Å². The van der Waals surface area contributed by atoms with Crippen molar-refractivity contribution in [1.29, 1.82) is 5.26 Å². The predicted molar refractivity (Wildman–Crippen MR) is 71.8 cm³/mol. The Hall–Kier alpha value is -2.03. The number of aromatic nitrogens is 2. The van der Waals surface area contributed by atoms with Gasteiger partial charge in [0.2, 0.25) is 0 Å². The molecule has 1 aromatic rings. The highest BCUT2D eigenvalue weighted by atomic mass is 16.6. The van der Waals surface area contributed by atoms with Crippen LogP contribution >= 0.6 is 0 Å². The molecule has 0 aliphatic rings. The average molecular weight is 264 g/mol. The predicted octanol–water partition coefficient (Wildman–Crippen LogP) is 2.86. The maximum absolute atomic E-state index is 11.8. The van der Waals surface area contributed by atoms with E-state index >= 15 is 0 Å². The lowest BCUT2D eigenvalue weighted by Crippen LogP contribution is -2.31. The van der Waals surface area contributed by atoms with E-state index < -0.39 is 11.7 Å². The van der Waals surface area contributed by atoms with Gasteiger partial charge in [-0.15, -0.1) is 0 Å². The summed E-state index contributed by atoms with van der Waals surface area (Å²) in [7, 11) is 0. The van der Waals surface area contributed by atoms with E-state index in [0.29, 0.717) is 11.4 Å². The Morgan fingerprint density at radius 1 is 1.37 bits per heavy atom. The van der Waals surface area contributed by atoms with Crippen molar-refractivity contribution in [2.45, 2.75) is 52.7 Å². The normalized spacial score (nSPS) is 11.8. The molecular weight excluding hydrogens is 244 g/mol. The summed E-state index contributed by atoms with van der Waals surface area (Å²) < 4.78 is 6.77. The van der Waals surface area contributed by atoms with Crippen LogP contribution in [0.3, 0.4) is 0 Å². The third-order valence-electron chi connectivity index (χ3n) is 2.14. The highest BCUT2D eigenvalue weighted by molar-refractivity contribution is 5.85. The summed E-state index contributed by atoms with van der Waals surface area (Å²) >= 11 is 0. The third kappa shape index (κ3) is 3.98. The van der Waals surface area contributed by atoms with E-state index in [2.05, 4.69) is 10.4 Å². The van der Waals surface area contributed by atoms with Crippen LogP contribution in [0.4, 0.5) is 10.6 Å². The highest BCUT2D eigenvalue weighted by Gasteiger charge is 2.24. The van der Waals surface area contributed by atoms with Gasteiger partial charge >= 0.3 is 6.09 Å². The first-order valence-corrected chi connectivity index (χ1v) is 6.03. The topological polar surface area (TPSA) is 79.9 Å². The average Bonchev–Trinajstić information content (AvgIpc) is 2.56. The van der Waals surface area contributed by atoms with Gasteiger partial charge in [-0.3, -0.25) is 5.32 Å². The number of carbonyl (C=O) groups excluding carboxylic acids is 1. The van der Waals surface area contributed by atoms with Crippen molar-refractivity contribution in [3.8, 4) is 6.07 Å². The van der Waals surface area contributed by atoms with Gasteiger partial charge in [-0.05, 0) is 41.5 Å². The Morgan fingerprint density at radius 2 is 1.95 bits per heavy atom. The number of rotatable bonds is 1. The van der Waals surface area contributed by atoms with E-state index in [1.54, 1.807) is 25.5 Å². The lowest BCUT2D eigenvalue weighted by Gasteiger charge is -2.24. The molecule has 6 nitrogen and oxygen atoms in total. The molecule has 1 N–H and O–H groups in total. The monoisotopic (exact) mass is 264 g/mol. The van der Waals surface area contributed by atoms with Crippen LogP contribution < -0.4 is 5.32 Å². The summed E-state index contributed by atoms with van der Waals surface area (Å²) in [5.41, 5.74) is -0.635. The van der Waals surface area contributed by atoms with Gasteiger partial charge in [-0.25, -0.2) is 9.48 Å². The van der Waals surface area contributed by atoms with Crippen LogP contribution in [-0.2, 0) is 10.3 Å². The molecule has 104 valence electrons. The number of carbonyl (C=O) groups is 1. The minimum atomic E-state index is -0.602. The lowest BCUT2D eigenvalue weighted by atomic mass is 10.1. The summed E-state index contributed by atoms with van der Waals surface area (Å²) in [5, 5.41) is 15.8. The molecule has 0 bridgehead atoms. The number of ether oxygens (including phenoxy) is 1. The van der Waals surface area contributed by atoms with Gasteiger partial charge in [0.25, 0.3) is 0 Å². The van der Waals surface area contributed by atoms with Crippen molar-refractivity contribution in [3.63, 3.8) is 0 Å². The zero-order chi connectivity index (χ0) is 14.8. The second-order valence-electron chi connectivity index (χ2n) is 6.23. The molecule has 0 aliphatic heterocycles. The highest BCUT2D eigenvalue weighted by Crippen LogP contribution is 2.23. The number of anilines is 1. The van der Waals surface area contributed by atoms with E-state index in [-0.39, 0.29) is 5.54 Å². The minimum Gasteiger partial charge on any atom is -0.444 e. The Labute approximate surface area is 113 Å².